The van der Waals surface area contributed by atoms with Gasteiger partial charge in [-0.05, 0) is 17.2 Å². The maximum absolute atomic E-state index is 4.74. The third kappa shape index (κ3) is 3.28. The monoisotopic (exact) mass is 198 g/mol. The van der Waals surface area contributed by atoms with E-state index in [2.05, 4.69) is 24.3 Å². The first-order chi connectivity index (χ1) is 6.31. The van der Waals surface area contributed by atoms with Crippen LogP contribution in [0.3, 0.4) is 0 Å². The predicted octanol–water partition coefficient (Wildman–Crippen LogP) is 1.31. The molecule has 2 aliphatic carbocycles. The summed E-state index contributed by atoms with van der Waals surface area (Å²) in [5, 5.41) is 0. The van der Waals surface area contributed by atoms with E-state index in [-0.39, 0.29) is 0 Å². The van der Waals surface area contributed by atoms with Crippen molar-refractivity contribution in [3.8, 4) is 11.1 Å². The van der Waals surface area contributed by atoms with Crippen molar-refractivity contribution in [1.82, 2.24) is 0 Å². The molecule has 0 fully saturated rings. The molecule has 4 heteroatoms. The van der Waals surface area contributed by atoms with Crippen LogP contribution in [0.2, 0.25) is 0 Å². The molecule has 0 aromatic carbocycles. The summed E-state index contributed by atoms with van der Waals surface area (Å²) in [4.78, 5) is 0. The summed E-state index contributed by atoms with van der Waals surface area (Å²) in [5.74, 6) is 0. The molecule has 0 unspecified atom stereocenters. The molecule has 0 atom stereocenters. The van der Waals surface area contributed by atoms with Gasteiger partial charge in [-0.15, -0.1) is 0 Å². The maximum Gasteiger partial charge on any atom is 0.483 e. The highest BCUT2D eigenvalue weighted by molar-refractivity contribution is 6.36. The van der Waals surface area contributed by atoms with Crippen LogP contribution in [0.5, 0.6) is 0 Å². The van der Waals surface area contributed by atoms with Gasteiger partial charge in [0.05, 0.1) is 0 Å². The summed E-state index contributed by atoms with van der Waals surface area (Å²) in [6.45, 7) is 0. The van der Waals surface area contributed by atoms with E-state index in [0.717, 1.165) is 0 Å². The van der Waals surface area contributed by atoms with Crippen molar-refractivity contribution in [2.45, 2.75) is 0 Å². The van der Waals surface area contributed by atoms with Gasteiger partial charge < -0.3 is 13.3 Å². The van der Waals surface area contributed by atoms with Gasteiger partial charge in [-0.3, -0.25) is 0 Å². The Hall–Kier alpha value is -0.683. The highest BCUT2D eigenvalue weighted by Gasteiger charge is 2.07. The standard InChI is InChI=1S/C6H4.C3H10O3Si/c1-2-5-4-6(5)3-1;1-4-7(5-2)6-3/h1-4H;7H,1-3H3. The first-order valence-corrected chi connectivity index (χ1v) is 5.42. The topological polar surface area (TPSA) is 27.7 Å². The van der Waals surface area contributed by atoms with Gasteiger partial charge in [0.15, 0.2) is 0 Å². The molecule has 0 saturated carbocycles. The van der Waals surface area contributed by atoms with Gasteiger partial charge in [0, 0.05) is 21.3 Å². The van der Waals surface area contributed by atoms with Gasteiger partial charge >= 0.3 is 9.53 Å². The van der Waals surface area contributed by atoms with E-state index in [0.29, 0.717) is 0 Å². The van der Waals surface area contributed by atoms with Gasteiger partial charge in [0.2, 0.25) is 0 Å². The molecule has 0 spiro atoms. The minimum Gasteiger partial charge on any atom is -0.379 e. The molecule has 0 saturated heterocycles. The molecule has 2 aliphatic rings. The largest absolute Gasteiger partial charge is 0.483 e. The van der Waals surface area contributed by atoms with Gasteiger partial charge in [0.1, 0.15) is 0 Å². The number of rotatable bonds is 3. The lowest BCUT2D eigenvalue weighted by atomic mass is 10.6. The quantitative estimate of drug-likeness (QED) is 0.696. The van der Waals surface area contributed by atoms with E-state index in [4.69, 9.17) is 13.3 Å². The Bertz CT molecular complexity index is 238. The summed E-state index contributed by atoms with van der Waals surface area (Å²) < 4.78 is 14.2. The van der Waals surface area contributed by atoms with Crippen molar-refractivity contribution in [3.63, 3.8) is 0 Å². The summed E-state index contributed by atoms with van der Waals surface area (Å²) in [5.41, 5.74) is 2.85. The van der Waals surface area contributed by atoms with Crippen LogP contribution in [-0.2, 0) is 13.3 Å². The normalized spacial score (nSPS) is 10.8. The van der Waals surface area contributed by atoms with Crippen LogP contribution in [-0.4, -0.2) is 30.9 Å². The third-order valence-corrected chi connectivity index (χ3v) is 2.84. The summed E-state index contributed by atoms with van der Waals surface area (Å²) in [6.07, 6.45) is 0. The Labute approximate surface area is 80.2 Å². The zero-order chi connectivity index (χ0) is 9.68. The zero-order valence-electron chi connectivity index (χ0n) is 8.11. The summed E-state index contributed by atoms with van der Waals surface area (Å²) in [7, 11) is 3.05. The number of fused-ring (bicyclic) bond motifs is 1. The molecule has 0 aromatic heterocycles. The fourth-order valence-electron chi connectivity index (χ4n) is 0.964. The lowest BCUT2D eigenvalue weighted by Crippen LogP contribution is -2.21. The van der Waals surface area contributed by atoms with Crippen LogP contribution in [0.15, 0.2) is 24.3 Å². The molecule has 3 nitrogen and oxygen atoms in total. The van der Waals surface area contributed by atoms with Gasteiger partial charge in [0.25, 0.3) is 0 Å². The third-order valence-electron chi connectivity index (χ3n) is 1.69. The predicted molar refractivity (Wildman–Crippen MR) is 53.6 cm³/mol. The molecule has 0 bridgehead atoms. The molecule has 0 heterocycles. The molecule has 0 aliphatic heterocycles. The smallest absolute Gasteiger partial charge is 0.379 e. The first kappa shape index (κ1) is 10.4. The number of benzene rings is 1. The molecule has 2 rings (SSSR count). The van der Waals surface area contributed by atoms with E-state index in [1.165, 1.54) is 11.1 Å². The first-order valence-electron chi connectivity index (χ1n) is 4.00. The SMILES string of the molecule is CO[SiH](OC)OC.c1cc2cc-2c1. The average molecular weight is 198 g/mol. The Morgan fingerprint density at radius 2 is 1.38 bits per heavy atom. The van der Waals surface area contributed by atoms with Crippen molar-refractivity contribution < 1.29 is 13.3 Å². The van der Waals surface area contributed by atoms with E-state index in [1.807, 2.05) is 0 Å². The van der Waals surface area contributed by atoms with Crippen molar-refractivity contribution in [1.29, 1.82) is 0 Å². The average Bonchev–Trinajstić information content (AvgIpc) is 2.78. The highest BCUT2D eigenvalue weighted by atomic mass is 28.3. The minimum absolute atomic E-state index is 1.43. The van der Waals surface area contributed by atoms with Crippen molar-refractivity contribution in [2.75, 3.05) is 21.3 Å². The van der Waals surface area contributed by atoms with Gasteiger partial charge in [-0.25, -0.2) is 0 Å². The maximum atomic E-state index is 4.74. The fraction of sp³-hybridized carbons (Fsp3) is 0.333. The number of hydrogen-bond donors (Lipinski definition) is 0. The van der Waals surface area contributed by atoms with Crippen LogP contribution in [0.1, 0.15) is 0 Å². The fourth-order valence-corrected chi connectivity index (χ4v) is 1.54. The molecule has 13 heavy (non-hydrogen) atoms. The van der Waals surface area contributed by atoms with Crippen LogP contribution in [0.4, 0.5) is 0 Å². The van der Waals surface area contributed by atoms with Gasteiger partial charge in [-0.2, -0.15) is 0 Å². The minimum atomic E-state index is -1.67. The Balaban J connectivity index is 0.000000130. The lowest BCUT2D eigenvalue weighted by Gasteiger charge is -2.05. The highest BCUT2D eigenvalue weighted by Crippen LogP contribution is 2.32. The zero-order valence-corrected chi connectivity index (χ0v) is 9.27. The molecular formula is C9H14O3Si. The van der Waals surface area contributed by atoms with Crippen LogP contribution in [0.25, 0.3) is 11.1 Å². The van der Waals surface area contributed by atoms with Crippen LogP contribution in [0, 0.1) is 0 Å². The molecule has 72 valence electrons. The van der Waals surface area contributed by atoms with E-state index in [9.17, 15) is 0 Å². The lowest BCUT2D eigenvalue weighted by molar-refractivity contribution is 0.163. The van der Waals surface area contributed by atoms with Crippen molar-refractivity contribution in [3.05, 3.63) is 24.3 Å². The summed E-state index contributed by atoms with van der Waals surface area (Å²) in [6, 6.07) is 8.48. The molecule has 0 radical (unpaired) electrons. The second-order valence-electron chi connectivity index (χ2n) is 2.58. The Morgan fingerprint density at radius 3 is 1.46 bits per heavy atom. The number of hydrogen-bond acceptors (Lipinski definition) is 3. The van der Waals surface area contributed by atoms with Crippen molar-refractivity contribution in [2.24, 2.45) is 0 Å². The van der Waals surface area contributed by atoms with Gasteiger partial charge in [-0.1, -0.05) is 18.2 Å². The molecular weight excluding hydrogens is 184 g/mol. The van der Waals surface area contributed by atoms with Crippen molar-refractivity contribution >= 4 is 9.53 Å². The van der Waals surface area contributed by atoms with E-state index < -0.39 is 9.53 Å². The van der Waals surface area contributed by atoms with Crippen LogP contribution < -0.4 is 0 Å². The van der Waals surface area contributed by atoms with Crippen LogP contribution >= 0.6 is 0 Å². The molecule has 0 amide bonds. The molecule has 0 aromatic rings. The Kier molecular flexibility index (Phi) is 4.11. The molecule has 0 N–H and O–H groups in total. The second kappa shape index (κ2) is 5.13. The second-order valence-corrected chi connectivity index (χ2v) is 4.57. The van der Waals surface area contributed by atoms with E-state index >= 15 is 0 Å². The Morgan fingerprint density at radius 1 is 0.923 bits per heavy atom. The van der Waals surface area contributed by atoms with E-state index in [1.54, 1.807) is 21.3 Å². The summed E-state index contributed by atoms with van der Waals surface area (Å²) >= 11 is 0.